The summed E-state index contributed by atoms with van der Waals surface area (Å²) in [5.74, 6) is -1.54. The van der Waals surface area contributed by atoms with Crippen LogP contribution in [0.5, 0.6) is 0 Å². The Bertz CT molecular complexity index is 1190. The molecule has 11 nitrogen and oxygen atoms in total. The van der Waals surface area contributed by atoms with E-state index in [0.717, 1.165) is 5.56 Å². The van der Waals surface area contributed by atoms with Crippen molar-refractivity contribution in [2.75, 3.05) is 13.2 Å². The predicted octanol–water partition coefficient (Wildman–Crippen LogP) is 1.02. The highest BCUT2D eigenvalue weighted by Crippen LogP contribution is 2.19. The normalized spacial score (nSPS) is 19.2. The van der Waals surface area contributed by atoms with Crippen LogP contribution in [0.3, 0.4) is 0 Å². The fraction of sp³-hybridized carbons (Fsp3) is 0.250. The summed E-state index contributed by atoms with van der Waals surface area (Å²) in [6, 6.07) is 12.3. The number of cyclic esters (lactones) is 2. The molecule has 3 heterocycles. The van der Waals surface area contributed by atoms with E-state index < -0.39 is 24.0 Å². The van der Waals surface area contributed by atoms with E-state index >= 15 is 0 Å². The lowest BCUT2D eigenvalue weighted by Crippen LogP contribution is -2.37. The van der Waals surface area contributed by atoms with E-state index in [2.05, 4.69) is 20.9 Å². The van der Waals surface area contributed by atoms with Crippen LogP contribution in [-0.4, -0.2) is 64.0 Å². The Labute approximate surface area is 199 Å². The van der Waals surface area contributed by atoms with Gasteiger partial charge in [-0.3, -0.25) is 9.59 Å². The van der Waals surface area contributed by atoms with E-state index in [4.69, 9.17) is 9.47 Å². The van der Waals surface area contributed by atoms with Crippen molar-refractivity contribution >= 4 is 23.8 Å². The molecule has 0 saturated carbocycles. The number of amides is 2. The fourth-order valence-electron chi connectivity index (χ4n) is 3.82. The van der Waals surface area contributed by atoms with Crippen LogP contribution in [0.2, 0.25) is 0 Å². The highest BCUT2D eigenvalue weighted by molar-refractivity contribution is 5.98. The van der Waals surface area contributed by atoms with Crippen molar-refractivity contribution in [3.8, 4) is 16.9 Å². The van der Waals surface area contributed by atoms with Crippen LogP contribution in [0.4, 0.5) is 0 Å². The molecule has 2 aliphatic rings. The van der Waals surface area contributed by atoms with Gasteiger partial charge in [0, 0.05) is 29.5 Å². The first kappa shape index (κ1) is 22.3. The number of carbonyl (C=O) groups excluding carboxylic acids is 4. The number of carbonyl (C=O) groups is 4. The zero-order valence-corrected chi connectivity index (χ0v) is 18.5. The zero-order chi connectivity index (χ0) is 24.4. The van der Waals surface area contributed by atoms with E-state index in [1.54, 1.807) is 59.4 Å². The van der Waals surface area contributed by atoms with Gasteiger partial charge in [-0.2, -0.15) is 0 Å². The van der Waals surface area contributed by atoms with Crippen LogP contribution < -0.4 is 10.6 Å². The van der Waals surface area contributed by atoms with Gasteiger partial charge < -0.3 is 20.1 Å². The van der Waals surface area contributed by atoms with Crippen LogP contribution in [0, 0.1) is 0 Å². The summed E-state index contributed by atoms with van der Waals surface area (Å²) in [7, 11) is 0. The number of esters is 2. The zero-order valence-electron chi connectivity index (χ0n) is 18.5. The second-order valence-electron chi connectivity index (χ2n) is 8.14. The van der Waals surface area contributed by atoms with Gasteiger partial charge >= 0.3 is 11.9 Å². The standard InChI is InChI=1S/C24H21N5O6/c30-21(25-18-9-11-34-23(18)32)15-3-1-14(2-4-15)20-13-29(28-27-20)17-7-5-16(6-8-17)22(31)26-19-10-12-35-24(19)33/h1-8,13,18-19H,9-12H2,(H,25,30)(H,26,31)/t18-,19-/m0/s1. The van der Waals surface area contributed by atoms with E-state index in [9.17, 15) is 19.2 Å². The maximum absolute atomic E-state index is 12.4. The van der Waals surface area contributed by atoms with Crippen molar-refractivity contribution in [3.63, 3.8) is 0 Å². The minimum Gasteiger partial charge on any atom is -0.464 e. The maximum Gasteiger partial charge on any atom is 0.328 e. The summed E-state index contributed by atoms with van der Waals surface area (Å²) in [5, 5.41) is 13.7. The molecule has 1 aromatic heterocycles. The Morgan fingerprint density at radius 2 is 1.31 bits per heavy atom. The van der Waals surface area contributed by atoms with Gasteiger partial charge in [0.25, 0.3) is 11.8 Å². The summed E-state index contributed by atoms with van der Waals surface area (Å²) >= 11 is 0. The molecule has 0 spiro atoms. The van der Waals surface area contributed by atoms with Gasteiger partial charge in [-0.1, -0.05) is 17.3 Å². The third kappa shape index (κ3) is 4.74. The number of hydrogen-bond acceptors (Lipinski definition) is 8. The molecule has 2 aromatic carbocycles. The minimum atomic E-state index is -0.614. The number of ether oxygens (including phenoxy) is 2. The second-order valence-corrected chi connectivity index (χ2v) is 8.14. The molecule has 2 aliphatic heterocycles. The average Bonchev–Trinajstić information content (AvgIpc) is 3.62. The smallest absolute Gasteiger partial charge is 0.328 e. The molecule has 0 unspecified atom stereocenters. The first-order valence-corrected chi connectivity index (χ1v) is 11.1. The Kier molecular flexibility index (Phi) is 5.96. The SMILES string of the molecule is O=C(N[C@H]1CCOC1=O)c1ccc(-c2cn(-c3ccc(C(=O)N[C@H]4CCOC4=O)cc3)nn2)cc1. The summed E-state index contributed by atoms with van der Waals surface area (Å²) in [4.78, 5) is 47.8. The molecule has 2 N–H and O–H groups in total. The summed E-state index contributed by atoms with van der Waals surface area (Å²) in [5.41, 5.74) is 2.87. The first-order chi connectivity index (χ1) is 17.0. The largest absolute Gasteiger partial charge is 0.464 e. The Morgan fingerprint density at radius 1 is 0.800 bits per heavy atom. The van der Waals surface area contributed by atoms with Crippen LogP contribution in [0.25, 0.3) is 16.9 Å². The monoisotopic (exact) mass is 475 g/mol. The predicted molar refractivity (Wildman–Crippen MR) is 120 cm³/mol. The second kappa shape index (κ2) is 9.37. The quantitative estimate of drug-likeness (QED) is 0.504. The van der Waals surface area contributed by atoms with Crippen molar-refractivity contribution in [2.45, 2.75) is 24.9 Å². The number of nitrogens with one attached hydrogen (secondary N) is 2. The first-order valence-electron chi connectivity index (χ1n) is 11.1. The van der Waals surface area contributed by atoms with E-state index in [1.807, 2.05) is 0 Å². The van der Waals surface area contributed by atoms with Gasteiger partial charge in [-0.25, -0.2) is 14.3 Å². The Balaban J connectivity index is 1.23. The third-order valence-electron chi connectivity index (χ3n) is 5.81. The molecule has 2 amide bonds. The highest BCUT2D eigenvalue weighted by Gasteiger charge is 2.29. The van der Waals surface area contributed by atoms with E-state index in [-0.39, 0.29) is 11.8 Å². The van der Waals surface area contributed by atoms with Crippen LogP contribution in [-0.2, 0) is 19.1 Å². The van der Waals surface area contributed by atoms with Crippen LogP contribution in [0.15, 0.2) is 54.7 Å². The molecule has 178 valence electrons. The van der Waals surface area contributed by atoms with Gasteiger partial charge in [0.15, 0.2) is 0 Å². The lowest BCUT2D eigenvalue weighted by atomic mass is 10.1. The molecule has 5 rings (SSSR count). The lowest BCUT2D eigenvalue weighted by Gasteiger charge is -2.09. The summed E-state index contributed by atoms with van der Waals surface area (Å²) < 4.78 is 11.3. The van der Waals surface area contributed by atoms with Crippen molar-refractivity contribution in [2.24, 2.45) is 0 Å². The van der Waals surface area contributed by atoms with Gasteiger partial charge in [0.1, 0.15) is 17.8 Å². The minimum absolute atomic E-state index is 0.310. The van der Waals surface area contributed by atoms with Crippen molar-refractivity contribution in [1.82, 2.24) is 25.6 Å². The maximum atomic E-state index is 12.4. The lowest BCUT2D eigenvalue weighted by molar-refractivity contribution is -0.140. The number of nitrogens with zero attached hydrogens (tertiary/aromatic N) is 3. The highest BCUT2D eigenvalue weighted by atomic mass is 16.5. The topological polar surface area (TPSA) is 142 Å². The molecule has 0 bridgehead atoms. The van der Waals surface area contributed by atoms with Gasteiger partial charge in [-0.15, -0.1) is 5.10 Å². The molecular weight excluding hydrogens is 454 g/mol. The molecule has 2 atom stereocenters. The summed E-state index contributed by atoms with van der Waals surface area (Å²) in [6.45, 7) is 0.620. The van der Waals surface area contributed by atoms with Gasteiger partial charge in [0.2, 0.25) is 0 Å². The molecule has 0 radical (unpaired) electrons. The van der Waals surface area contributed by atoms with Crippen LogP contribution >= 0.6 is 0 Å². The van der Waals surface area contributed by atoms with E-state index in [1.165, 1.54) is 0 Å². The third-order valence-corrected chi connectivity index (χ3v) is 5.81. The molecule has 35 heavy (non-hydrogen) atoms. The van der Waals surface area contributed by atoms with Crippen molar-refractivity contribution in [3.05, 3.63) is 65.9 Å². The average molecular weight is 475 g/mol. The van der Waals surface area contributed by atoms with Crippen molar-refractivity contribution < 1.29 is 28.7 Å². The molecule has 2 fully saturated rings. The van der Waals surface area contributed by atoms with Gasteiger partial charge in [-0.05, 0) is 36.4 Å². The van der Waals surface area contributed by atoms with Crippen LogP contribution in [0.1, 0.15) is 33.6 Å². The molecule has 0 aliphatic carbocycles. The number of aromatic nitrogens is 3. The molecule has 2 saturated heterocycles. The molecular formula is C24H21N5O6. The Morgan fingerprint density at radius 3 is 1.80 bits per heavy atom. The number of hydrogen-bond donors (Lipinski definition) is 2. The number of benzene rings is 2. The van der Waals surface area contributed by atoms with Gasteiger partial charge in [0.05, 0.1) is 25.1 Å². The molecule has 11 heteroatoms. The Hall–Kier alpha value is -4.54. The van der Waals surface area contributed by atoms with E-state index in [0.29, 0.717) is 48.6 Å². The number of rotatable bonds is 6. The van der Waals surface area contributed by atoms with Crippen molar-refractivity contribution in [1.29, 1.82) is 0 Å². The fourth-order valence-corrected chi connectivity index (χ4v) is 3.82. The molecule has 3 aromatic rings. The summed E-state index contributed by atoms with van der Waals surface area (Å²) in [6.07, 6.45) is 2.66.